The fraction of sp³-hybridized carbons (Fsp3) is 0.304. The molecule has 28 heavy (non-hydrogen) atoms. The first-order valence-electron chi connectivity index (χ1n) is 9.84. The van der Waals surface area contributed by atoms with Gasteiger partial charge in [0.25, 0.3) is 5.91 Å². The van der Waals surface area contributed by atoms with Crippen molar-refractivity contribution >= 4 is 5.91 Å². The lowest BCUT2D eigenvalue weighted by atomic mass is 9.95. The predicted octanol–water partition coefficient (Wildman–Crippen LogP) is 3.73. The summed E-state index contributed by atoms with van der Waals surface area (Å²) in [5, 5.41) is 7.74. The summed E-state index contributed by atoms with van der Waals surface area (Å²) in [5.41, 5.74) is 4.94. The van der Waals surface area contributed by atoms with Gasteiger partial charge in [0.15, 0.2) is 5.69 Å². The number of nitrogens with one attached hydrogen (secondary N) is 1. The van der Waals surface area contributed by atoms with Crippen molar-refractivity contribution < 1.29 is 9.53 Å². The molecule has 0 radical (unpaired) electrons. The van der Waals surface area contributed by atoms with E-state index >= 15 is 0 Å². The average molecular weight is 375 g/mol. The number of carbonyl (C=O) groups excluding carboxylic acids is 1. The molecule has 0 bridgehead atoms. The summed E-state index contributed by atoms with van der Waals surface area (Å²) in [6, 6.07) is 18.0. The van der Waals surface area contributed by atoms with Gasteiger partial charge in [-0.05, 0) is 55.9 Å². The van der Waals surface area contributed by atoms with Gasteiger partial charge in [0.1, 0.15) is 5.75 Å². The molecule has 0 unspecified atom stereocenters. The molecule has 1 aromatic heterocycles. The zero-order valence-electron chi connectivity index (χ0n) is 16.1. The monoisotopic (exact) mass is 375 g/mol. The van der Waals surface area contributed by atoms with Crippen LogP contribution in [0.4, 0.5) is 0 Å². The number of para-hydroxylation sites is 2. The number of rotatable bonds is 6. The summed E-state index contributed by atoms with van der Waals surface area (Å²) in [6.07, 6.45) is 4.84. The zero-order valence-corrected chi connectivity index (χ0v) is 16.1. The minimum absolute atomic E-state index is 0.0947. The van der Waals surface area contributed by atoms with Crippen molar-refractivity contribution in [3.63, 3.8) is 0 Å². The zero-order chi connectivity index (χ0) is 19.3. The molecule has 144 valence electrons. The Morgan fingerprint density at radius 3 is 2.64 bits per heavy atom. The van der Waals surface area contributed by atoms with E-state index in [1.165, 1.54) is 5.69 Å². The first-order chi connectivity index (χ1) is 13.8. The Morgan fingerprint density at radius 2 is 1.82 bits per heavy atom. The number of amides is 1. The van der Waals surface area contributed by atoms with Crippen LogP contribution in [0, 0.1) is 0 Å². The molecule has 0 saturated carbocycles. The number of nitrogens with zero attached hydrogens (tertiary/aromatic N) is 2. The Bertz CT molecular complexity index is 963. The van der Waals surface area contributed by atoms with Crippen LogP contribution in [0.2, 0.25) is 0 Å². The van der Waals surface area contributed by atoms with Gasteiger partial charge in [0.2, 0.25) is 0 Å². The highest BCUT2D eigenvalue weighted by Crippen LogP contribution is 2.27. The van der Waals surface area contributed by atoms with Crippen LogP contribution in [0.25, 0.3) is 5.69 Å². The maximum absolute atomic E-state index is 12.9. The molecule has 1 N–H and O–H groups in total. The summed E-state index contributed by atoms with van der Waals surface area (Å²) in [4.78, 5) is 12.9. The number of fused-ring (bicyclic) bond motifs is 1. The summed E-state index contributed by atoms with van der Waals surface area (Å²) >= 11 is 0. The minimum Gasteiger partial charge on any atom is -0.496 e. The molecule has 0 fully saturated rings. The van der Waals surface area contributed by atoms with Gasteiger partial charge in [0, 0.05) is 17.8 Å². The Morgan fingerprint density at radius 1 is 1.07 bits per heavy atom. The average Bonchev–Trinajstić information content (AvgIpc) is 3.14. The molecule has 5 heteroatoms. The number of carbonyl (C=O) groups is 1. The van der Waals surface area contributed by atoms with Gasteiger partial charge >= 0.3 is 0 Å². The van der Waals surface area contributed by atoms with E-state index in [4.69, 9.17) is 9.84 Å². The van der Waals surface area contributed by atoms with E-state index in [1.54, 1.807) is 7.11 Å². The number of methoxy groups -OCH3 is 1. The van der Waals surface area contributed by atoms with Crippen LogP contribution in [-0.4, -0.2) is 29.3 Å². The molecule has 1 amide bonds. The fourth-order valence-corrected chi connectivity index (χ4v) is 3.87. The molecule has 2 aromatic carbocycles. The number of aromatic nitrogens is 2. The van der Waals surface area contributed by atoms with E-state index < -0.39 is 0 Å². The smallest absolute Gasteiger partial charge is 0.272 e. The molecule has 5 nitrogen and oxygen atoms in total. The highest BCUT2D eigenvalue weighted by Gasteiger charge is 2.25. The van der Waals surface area contributed by atoms with Crippen LogP contribution in [-0.2, 0) is 19.3 Å². The third-order valence-corrected chi connectivity index (χ3v) is 5.27. The molecule has 1 heterocycles. The number of benzene rings is 2. The maximum atomic E-state index is 12.9. The lowest BCUT2D eigenvalue weighted by Crippen LogP contribution is -2.27. The highest BCUT2D eigenvalue weighted by atomic mass is 16.5. The molecule has 0 spiro atoms. The molecule has 0 aliphatic heterocycles. The number of hydrogen-bond donors (Lipinski definition) is 1. The summed E-state index contributed by atoms with van der Waals surface area (Å²) in [7, 11) is 1.67. The standard InChI is InChI=1S/C23H25N3O2/c1-28-21-14-8-5-9-17(21)15-16-24-23(27)22-19-12-6-7-13-20(19)26(25-22)18-10-3-2-4-11-18/h2-5,8-11,14H,6-7,12-13,15-16H2,1H3,(H,24,27). The van der Waals surface area contributed by atoms with Crippen molar-refractivity contribution in [1.29, 1.82) is 0 Å². The molecule has 1 aliphatic carbocycles. The lowest BCUT2D eigenvalue weighted by Gasteiger charge is -2.14. The summed E-state index contributed by atoms with van der Waals surface area (Å²) in [5.74, 6) is 0.755. The van der Waals surface area contributed by atoms with Crippen LogP contribution in [0.15, 0.2) is 54.6 Å². The SMILES string of the molecule is COc1ccccc1CCNC(=O)c1nn(-c2ccccc2)c2c1CCCC2. The van der Waals surface area contributed by atoms with Crippen LogP contribution < -0.4 is 10.1 Å². The van der Waals surface area contributed by atoms with Crippen LogP contribution >= 0.6 is 0 Å². The highest BCUT2D eigenvalue weighted by molar-refractivity contribution is 5.94. The van der Waals surface area contributed by atoms with Gasteiger partial charge in [-0.3, -0.25) is 4.79 Å². The molecule has 4 rings (SSSR count). The first-order valence-corrected chi connectivity index (χ1v) is 9.84. The first kappa shape index (κ1) is 18.3. The third kappa shape index (κ3) is 3.65. The molecular weight excluding hydrogens is 350 g/mol. The van der Waals surface area contributed by atoms with E-state index in [2.05, 4.69) is 5.32 Å². The Hall–Kier alpha value is -3.08. The molecular formula is C23H25N3O2. The van der Waals surface area contributed by atoms with E-state index in [9.17, 15) is 4.79 Å². The number of hydrogen-bond acceptors (Lipinski definition) is 3. The van der Waals surface area contributed by atoms with Crippen molar-refractivity contribution in [3.05, 3.63) is 77.1 Å². The number of ether oxygens (including phenoxy) is 1. The van der Waals surface area contributed by atoms with E-state index in [1.807, 2.05) is 59.3 Å². The molecule has 1 aliphatic rings. The Balaban J connectivity index is 1.52. The van der Waals surface area contributed by atoms with Crippen molar-refractivity contribution in [2.75, 3.05) is 13.7 Å². The van der Waals surface area contributed by atoms with Gasteiger partial charge in [0.05, 0.1) is 12.8 Å². The van der Waals surface area contributed by atoms with Gasteiger partial charge < -0.3 is 10.1 Å². The summed E-state index contributed by atoms with van der Waals surface area (Å²) in [6.45, 7) is 0.548. The topological polar surface area (TPSA) is 56.1 Å². The van der Waals surface area contributed by atoms with E-state index in [0.717, 1.165) is 54.7 Å². The summed E-state index contributed by atoms with van der Waals surface area (Å²) < 4.78 is 7.33. The Kier molecular flexibility index (Phi) is 5.42. The van der Waals surface area contributed by atoms with Gasteiger partial charge in [-0.25, -0.2) is 4.68 Å². The van der Waals surface area contributed by atoms with Crippen molar-refractivity contribution in [2.45, 2.75) is 32.1 Å². The normalized spacial score (nSPS) is 13.0. The van der Waals surface area contributed by atoms with Crippen molar-refractivity contribution in [1.82, 2.24) is 15.1 Å². The second-order valence-electron chi connectivity index (χ2n) is 7.05. The molecule has 0 atom stereocenters. The third-order valence-electron chi connectivity index (χ3n) is 5.27. The molecule has 0 saturated heterocycles. The van der Waals surface area contributed by atoms with Crippen LogP contribution in [0.1, 0.15) is 40.2 Å². The Labute approximate surface area is 165 Å². The van der Waals surface area contributed by atoms with Crippen LogP contribution in [0.5, 0.6) is 5.75 Å². The predicted molar refractivity (Wildman–Crippen MR) is 109 cm³/mol. The fourth-order valence-electron chi connectivity index (χ4n) is 3.87. The van der Waals surface area contributed by atoms with Gasteiger partial charge in [-0.2, -0.15) is 5.10 Å². The van der Waals surface area contributed by atoms with E-state index in [-0.39, 0.29) is 5.91 Å². The second kappa shape index (κ2) is 8.30. The largest absolute Gasteiger partial charge is 0.496 e. The second-order valence-corrected chi connectivity index (χ2v) is 7.05. The van der Waals surface area contributed by atoms with Crippen molar-refractivity contribution in [3.8, 4) is 11.4 Å². The van der Waals surface area contributed by atoms with E-state index in [0.29, 0.717) is 12.2 Å². The maximum Gasteiger partial charge on any atom is 0.272 e. The minimum atomic E-state index is -0.0947. The van der Waals surface area contributed by atoms with Gasteiger partial charge in [-0.15, -0.1) is 0 Å². The molecule has 3 aromatic rings. The lowest BCUT2D eigenvalue weighted by molar-refractivity contribution is 0.0947. The quantitative estimate of drug-likeness (QED) is 0.714. The van der Waals surface area contributed by atoms with Crippen LogP contribution in [0.3, 0.4) is 0 Å². The van der Waals surface area contributed by atoms with Gasteiger partial charge in [-0.1, -0.05) is 36.4 Å². The van der Waals surface area contributed by atoms with Crippen molar-refractivity contribution in [2.24, 2.45) is 0 Å².